The first-order valence-corrected chi connectivity index (χ1v) is 7.14. The molecule has 1 heterocycles. The van der Waals surface area contributed by atoms with Crippen LogP contribution in [0.2, 0.25) is 0 Å². The molecule has 0 spiro atoms. The molecule has 3 aromatic carbocycles. The topological polar surface area (TPSA) is 12.4 Å². The molecule has 1 heteroatoms. The van der Waals surface area contributed by atoms with E-state index in [9.17, 15) is 0 Å². The van der Waals surface area contributed by atoms with Crippen molar-refractivity contribution in [2.75, 3.05) is 0 Å². The second-order valence-electron chi connectivity index (χ2n) is 5.59. The maximum Gasteiger partial charge on any atom is 0.0788 e. The summed E-state index contributed by atoms with van der Waals surface area (Å²) in [5.74, 6) is 0. The minimum absolute atomic E-state index is 1.12. The SMILES string of the molecule is c1ccc(C2=Nc3ccc4c5c(ccc2c35)CC4)cc1. The van der Waals surface area contributed by atoms with Crippen LogP contribution in [0.4, 0.5) is 5.69 Å². The second-order valence-corrected chi connectivity index (χ2v) is 5.59. The fourth-order valence-corrected chi connectivity index (χ4v) is 3.60. The molecule has 0 radical (unpaired) electrons. The van der Waals surface area contributed by atoms with Crippen LogP contribution in [-0.4, -0.2) is 5.71 Å². The minimum atomic E-state index is 1.12. The zero-order valence-electron chi connectivity index (χ0n) is 11.1. The van der Waals surface area contributed by atoms with Crippen molar-refractivity contribution in [1.82, 2.24) is 0 Å². The monoisotopic (exact) mass is 255 g/mol. The van der Waals surface area contributed by atoms with Gasteiger partial charge in [0, 0.05) is 16.5 Å². The molecular weight excluding hydrogens is 242 g/mol. The van der Waals surface area contributed by atoms with E-state index in [0.29, 0.717) is 0 Å². The summed E-state index contributed by atoms with van der Waals surface area (Å²) in [5.41, 5.74) is 7.75. The summed E-state index contributed by atoms with van der Waals surface area (Å²) in [6.45, 7) is 0. The van der Waals surface area contributed by atoms with E-state index in [4.69, 9.17) is 4.99 Å². The number of benzene rings is 3. The molecule has 0 bridgehead atoms. The van der Waals surface area contributed by atoms with Gasteiger partial charge in [-0.2, -0.15) is 0 Å². The summed E-state index contributed by atoms with van der Waals surface area (Å²) in [7, 11) is 0. The Morgan fingerprint density at radius 1 is 0.700 bits per heavy atom. The highest BCUT2D eigenvalue weighted by Crippen LogP contribution is 2.43. The van der Waals surface area contributed by atoms with Crippen LogP contribution in [0, 0.1) is 0 Å². The zero-order chi connectivity index (χ0) is 13.1. The smallest absolute Gasteiger partial charge is 0.0788 e. The molecule has 0 N–H and O–H groups in total. The van der Waals surface area contributed by atoms with Gasteiger partial charge in [-0.3, -0.25) is 0 Å². The molecule has 0 aromatic heterocycles. The largest absolute Gasteiger partial charge is 0.247 e. The van der Waals surface area contributed by atoms with Crippen LogP contribution < -0.4 is 0 Å². The van der Waals surface area contributed by atoms with E-state index in [1.807, 2.05) is 0 Å². The first kappa shape index (κ1) is 10.4. The summed E-state index contributed by atoms with van der Waals surface area (Å²) < 4.78 is 0. The lowest BCUT2D eigenvalue weighted by Crippen LogP contribution is -1.99. The highest BCUT2D eigenvalue weighted by Gasteiger charge is 2.24. The lowest BCUT2D eigenvalue weighted by molar-refractivity contribution is 1.02. The molecule has 5 rings (SSSR count). The van der Waals surface area contributed by atoms with Gasteiger partial charge < -0.3 is 0 Å². The Morgan fingerprint density at radius 3 is 2.25 bits per heavy atom. The number of hydrogen-bond acceptors (Lipinski definition) is 1. The van der Waals surface area contributed by atoms with E-state index in [-0.39, 0.29) is 0 Å². The molecule has 3 aromatic rings. The van der Waals surface area contributed by atoms with Crippen molar-refractivity contribution < 1.29 is 0 Å². The highest BCUT2D eigenvalue weighted by atomic mass is 14.8. The Hall–Kier alpha value is -2.41. The minimum Gasteiger partial charge on any atom is -0.247 e. The average Bonchev–Trinajstić information content (AvgIpc) is 3.07. The van der Waals surface area contributed by atoms with Gasteiger partial charge in [0.05, 0.1) is 11.4 Å². The molecule has 0 saturated heterocycles. The summed E-state index contributed by atoms with van der Waals surface area (Å²) in [6.07, 6.45) is 2.35. The van der Waals surface area contributed by atoms with Crippen LogP contribution in [-0.2, 0) is 12.8 Å². The van der Waals surface area contributed by atoms with Crippen molar-refractivity contribution in [1.29, 1.82) is 0 Å². The summed E-state index contributed by atoms with van der Waals surface area (Å²) in [5, 5.41) is 2.84. The van der Waals surface area contributed by atoms with E-state index in [1.54, 1.807) is 0 Å². The Labute approximate surface area is 117 Å². The fourth-order valence-electron chi connectivity index (χ4n) is 3.60. The van der Waals surface area contributed by atoms with E-state index >= 15 is 0 Å². The third-order valence-corrected chi connectivity index (χ3v) is 4.51. The standard InChI is InChI=1S/C19H13N/c1-2-4-14(5-3-1)19-15-10-8-12-6-7-13-9-11-16(20-19)18(15)17(12)13/h1-5,8-11H,6-7H2. The molecule has 0 unspecified atom stereocenters. The normalized spacial score (nSPS) is 14.9. The third-order valence-electron chi connectivity index (χ3n) is 4.51. The molecule has 0 amide bonds. The molecule has 94 valence electrons. The molecule has 0 fully saturated rings. The summed E-state index contributed by atoms with van der Waals surface area (Å²) >= 11 is 0. The Kier molecular flexibility index (Phi) is 1.86. The lowest BCUT2D eigenvalue weighted by atomic mass is 9.96. The predicted octanol–water partition coefficient (Wildman–Crippen LogP) is 4.42. The van der Waals surface area contributed by atoms with Crippen molar-refractivity contribution in [2.24, 2.45) is 4.99 Å². The van der Waals surface area contributed by atoms with Crippen molar-refractivity contribution >= 4 is 22.2 Å². The van der Waals surface area contributed by atoms with Crippen molar-refractivity contribution in [3.8, 4) is 0 Å². The van der Waals surface area contributed by atoms with Gasteiger partial charge in [-0.15, -0.1) is 0 Å². The van der Waals surface area contributed by atoms with Gasteiger partial charge in [-0.05, 0) is 35.4 Å². The first-order chi connectivity index (χ1) is 9.92. The van der Waals surface area contributed by atoms with E-state index in [2.05, 4.69) is 54.6 Å². The van der Waals surface area contributed by atoms with Crippen LogP contribution in [0.1, 0.15) is 22.3 Å². The van der Waals surface area contributed by atoms with Crippen LogP contribution in [0.3, 0.4) is 0 Å². The van der Waals surface area contributed by atoms with Gasteiger partial charge in [0.2, 0.25) is 0 Å². The number of aryl methyl sites for hydroxylation is 2. The molecule has 0 saturated carbocycles. The van der Waals surface area contributed by atoms with E-state index < -0.39 is 0 Å². The Morgan fingerprint density at radius 2 is 1.45 bits per heavy atom. The number of aliphatic imine (C=N–C) groups is 1. The van der Waals surface area contributed by atoms with Gasteiger partial charge in [-0.1, -0.05) is 48.5 Å². The van der Waals surface area contributed by atoms with Crippen LogP contribution in [0.25, 0.3) is 10.8 Å². The van der Waals surface area contributed by atoms with Crippen molar-refractivity contribution in [3.05, 3.63) is 76.9 Å². The molecule has 1 nitrogen and oxygen atoms in total. The van der Waals surface area contributed by atoms with Crippen LogP contribution >= 0.6 is 0 Å². The van der Waals surface area contributed by atoms with Crippen LogP contribution in [0.15, 0.2) is 59.6 Å². The van der Waals surface area contributed by atoms with E-state index in [0.717, 1.165) is 11.4 Å². The maximum absolute atomic E-state index is 4.89. The Balaban J connectivity index is 1.87. The zero-order valence-corrected chi connectivity index (χ0v) is 11.1. The van der Waals surface area contributed by atoms with Crippen molar-refractivity contribution in [3.63, 3.8) is 0 Å². The van der Waals surface area contributed by atoms with E-state index in [1.165, 1.54) is 45.9 Å². The lowest BCUT2D eigenvalue weighted by Gasteiger charge is -2.06. The average molecular weight is 255 g/mol. The number of rotatable bonds is 1. The van der Waals surface area contributed by atoms with Gasteiger partial charge >= 0.3 is 0 Å². The van der Waals surface area contributed by atoms with Gasteiger partial charge in [0.25, 0.3) is 0 Å². The molecule has 0 atom stereocenters. The molecular formula is C19H13N. The number of hydrogen-bond donors (Lipinski definition) is 0. The second kappa shape index (κ2) is 3.57. The summed E-state index contributed by atoms with van der Waals surface area (Å²) in [6, 6.07) is 19.5. The summed E-state index contributed by atoms with van der Waals surface area (Å²) in [4.78, 5) is 4.89. The molecule has 1 aliphatic heterocycles. The predicted molar refractivity (Wildman–Crippen MR) is 83.1 cm³/mol. The first-order valence-electron chi connectivity index (χ1n) is 7.14. The quantitative estimate of drug-likeness (QED) is 0.477. The van der Waals surface area contributed by atoms with Gasteiger partial charge in [0.1, 0.15) is 0 Å². The third kappa shape index (κ3) is 1.20. The molecule has 2 aliphatic rings. The Bertz CT molecular complexity index is 878. The van der Waals surface area contributed by atoms with Crippen LogP contribution in [0.5, 0.6) is 0 Å². The fraction of sp³-hybridized carbons (Fsp3) is 0.105. The van der Waals surface area contributed by atoms with Crippen molar-refractivity contribution in [2.45, 2.75) is 12.8 Å². The maximum atomic E-state index is 4.89. The molecule has 1 aliphatic carbocycles. The van der Waals surface area contributed by atoms with Gasteiger partial charge in [-0.25, -0.2) is 4.99 Å². The molecule has 20 heavy (non-hydrogen) atoms. The van der Waals surface area contributed by atoms with Gasteiger partial charge in [0.15, 0.2) is 0 Å². The highest BCUT2D eigenvalue weighted by molar-refractivity contribution is 6.27. The number of nitrogens with zero attached hydrogens (tertiary/aromatic N) is 1.